The van der Waals surface area contributed by atoms with Crippen LogP contribution >= 0.6 is 24.0 Å². The van der Waals surface area contributed by atoms with E-state index in [0.717, 1.165) is 42.4 Å². The van der Waals surface area contributed by atoms with E-state index < -0.39 is 11.9 Å². The average molecular weight is 678 g/mol. The van der Waals surface area contributed by atoms with Crippen molar-refractivity contribution in [2.24, 2.45) is 4.99 Å². The number of rotatable bonds is 26. The molecule has 0 spiro atoms. The summed E-state index contributed by atoms with van der Waals surface area (Å²) in [6.45, 7) is 10.2. The zero-order valence-corrected chi connectivity index (χ0v) is 28.8. The van der Waals surface area contributed by atoms with Crippen molar-refractivity contribution in [1.29, 1.82) is 0 Å². The summed E-state index contributed by atoms with van der Waals surface area (Å²) in [6, 6.07) is 10.7. The smallest absolute Gasteiger partial charge is 0.356 e. The Morgan fingerprint density at radius 2 is 1.30 bits per heavy atom. The van der Waals surface area contributed by atoms with Gasteiger partial charge in [-0.05, 0) is 55.2 Å². The molecule has 0 saturated heterocycles. The predicted molar refractivity (Wildman–Crippen MR) is 182 cm³/mol. The highest BCUT2D eigenvalue weighted by molar-refractivity contribution is 7.99. The van der Waals surface area contributed by atoms with Crippen LogP contribution in [-0.2, 0) is 36.8 Å². The first-order valence-electron chi connectivity index (χ1n) is 15.4. The average Bonchev–Trinajstić information content (AvgIpc) is 3.08. The van der Waals surface area contributed by atoms with Gasteiger partial charge < -0.3 is 23.7 Å². The number of hydrogen-bond donors (Lipinski definition) is 0. The maximum Gasteiger partial charge on any atom is 0.356 e. The van der Waals surface area contributed by atoms with Crippen LogP contribution in [-0.4, -0.2) is 135 Å². The molecule has 0 radical (unpaired) electrons. The van der Waals surface area contributed by atoms with Gasteiger partial charge in [-0.2, -0.15) is 11.8 Å². The highest BCUT2D eigenvalue weighted by Gasteiger charge is 2.12. The molecule has 0 saturated carbocycles. The summed E-state index contributed by atoms with van der Waals surface area (Å²) >= 11 is 6.41. The van der Waals surface area contributed by atoms with Crippen molar-refractivity contribution < 1.29 is 33.3 Å². The zero-order valence-electron chi connectivity index (χ0n) is 27.2. The molecule has 0 unspecified atom stereocenters. The van der Waals surface area contributed by atoms with Gasteiger partial charge in [-0.25, -0.2) is 24.5 Å². The topological polar surface area (TPSA) is 125 Å². The van der Waals surface area contributed by atoms with Crippen molar-refractivity contribution in [1.82, 2.24) is 19.8 Å². The third-order valence-electron chi connectivity index (χ3n) is 6.64. The number of pyridine rings is 2. The second kappa shape index (κ2) is 25.3. The van der Waals surface area contributed by atoms with Crippen molar-refractivity contribution in [3.63, 3.8) is 0 Å². The number of carbonyl (C=O) groups is 2. The Morgan fingerprint density at radius 1 is 0.783 bits per heavy atom. The van der Waals surface area contributed by atoms with Gasteiger partial charge in [0.25, 0.3) is 0 Å². The van der Waals surface area contributed by atoms with E-state index in [4.69, 9.17) is 23.7 Å². The number of methoxy groups -OCH3 is 2. The van der Waals surface area contributed by atoms with E-state index >= 15 is 0 Å². The van der Waals surface area contributed by atoms with E-state index in [0.29, 0.717) is 78.1 Å². The molecule has 0 bridgehead atoms. The maximum absolute atomic E-state index is 11.9. The molecule has 0 atom stereocenters. The van der Waals surface area contributed by atoms with E-state index in [9.17, 15) is 9.59 Å². The van der Waals surface area contributed by atoms with Crippen LogP contribution in [0.5, 0.6) is 0 Å². The van der Waals surface area contributed by atoms with Gasteiger partial charge in [-0.3, -0.25) is 9.80 Å². The summed E-state index contributed by atoms with van der Waals surface area (Å²) in [5.41, 5.74) is 2.16. The molecule has 0 aromatic carbocycles. The summed E-state index contributed by atoms with van der Waals surface area (Å²) in [4.78, 5) is 40.9. The Labute approximate surface area is 282 Å². The minimum atomic E-state index is -0.460. The minimum Gasteiger partial charge on any atom is -0.464 e. The highest BCUT2D eigenvalue weighted by atomic mass is 32.2. The quantitative estimate of drug-likeness (QED) is 0.0623. The number of isothiocyanates is 1. The molecule has 254 valence electrons. The Hall–Kier alpha value is -2.81. The van der Waals surface area contributed by atoms with Gasteiger partial charge >= 0.3 is 11.9 Å². The van der Waals surface area contributed by atoms with Crippen LogP contribution in [0.2, 0.25) is 0 Å². The first-order valence-corrected chi connectivity index (χ1v) is 16.9. The molecule has 46 heavy (non-hydrogen) atoms. The van der Waals surface area contributed by atoms with Crippen LogP contribution in [0, 0.1) is 0 Å². The SMILES string of the molecule is CCN(CCOCCOCCN(CCOCCCSCCN=C=S)Cc1cccc(C(=O)OC)n1)Cc1cccc(C(=O)OC)n1. The lowest BCUT2D eigenvalue weighted by atomic mass is 10.3. The van der Waals surface area contributed by atoms with Crippen molar-refractivity contribution in [3.05, 3.63) is 59.2 Å². The molecule has 14 heteroatoms. The Balaban J connectivity index is 1.70. The van der Waals surface area contributed by atoms with E-state index in [1.807, 2.05) is 36.0 Å². The minimum absolute atomic E-state index is 0.283. The molecular weight excluding hydrogens is 631 g/mol. The summed E-state index contributed by atoms with van der Waals surface area (Å²) in [7, 11) is 2.69. The lowest BCUT2D eigenvalue weighted by Gasteiger charge is -2.22. The fourth-order valence-electron chi connectivity index (χ4n) is 4.17. The normalized spacial score (nSPS) is 11.1. The van der Waals surface area contributed by atoms with Gasteiger partial charge in [0.15, 0.2) is 0 Å². The summed E-state index contributed by atoms with van der Waals surface area (Å²) < 4.78 is 27.1. The Bertz CT molecular complexity index is 1200. The van der Waals surface area contributed by atoms with Crippen LogP contribution in [0.15, 0.2) is 41.4 Å². The first-order chi connectivity index (χ1) is 22.5. The molecule has 12 nitrogen and oxygen atoms in total. The van der Waals surface area contributed by atoms with E-state index in [-0.39, 0.29) is 5.69 Å². The third-order valence-corrected chi connectivity index (χ3v) is 7.82. The summed E-state index contributed by atoms with van der Waals surface area (Å²) in [5.74, 6) is 1.04. The highest BCUT2D eigenvalue weighted by Crippen LogP contribution is 2.07. The van der Waals surface area contributed by atoms with Crippen molar-refractivity contribution >= 4 is 41.1 Å². The van der Waals surface area contributed by atoms with E-state index in [1.54, 1.807) is 12.1 Å². The lowest BCUT2D eigenvalue weighted by molar-refractivity contribution is 0.0260. The molecule has 0 aliphatic heterocycles. The number of nitrogens with zero attached hydrogens (tertiary/aromatic N) is 5. The fraction of sp³-hybridized carbons (Fsp3) is 0.594. The standard InChI is InChI=1S/C32H47N5O7S2/c1-4-36(24-27-8-5-10-29(34-27)31(38)40-2)13-17-43-20-21-44-19-15-37(14-18-42-16-7-22-46-23-12-33-26-45)25-28-9-6-11-30(35-28)32(39)41-3/h5-6,8-11H,4,7,12-25H2,1-3H3. The monoisotopic (exact) mass is 677 g/mol. The van der Waals surface area contributed by atoms with Gasteiger partial charge in [0.2, 0.25) is 0 Å². The predicted octanol–water partition coefficient (Wildman–Crippen LogP) is 3.65. The number of aliphatic imine (C=N–C) groups is 1. The number of likely N-dealkylation sites (N-methyl/N-ethyl adjacent to an activating group) is 1. The number of ether oxygens (including phenoxy) is 5. The molecule has 0 amide bonds. The number of aromatic nitrogens is 2. The van der Waals surface area contributed by atoms with Gasteiger partial charge in [-0.15, -0.1) is 0 Å². The number of thioether (sulfide) groups is 1. The van der Waals surface area contributed by atoms with Crippen LogP contribution in [0.4, 0.5) is 0 Å². The van der Waals surface area contributed by atoms with Gasteiger partial charge in [0.05, 0.1) is 70.3 Å². The molecule has 2 rings (SSSR count). The molecule has 0 aliphatic rings. The Morgan fingerprint density at radius 3 is 1.83 bits per heavy atom. The van der Waals surface area contributed by atoms with Crippen molar-refractivity contribution in [3.8, 4) is 0 Å². The molecule has 0 aliphatic carbocycles. The van der Waals surface area contributed by atoms with Gasteiger partial charge in [-0.1, -0.05) is 19.1 Å². The van der Waals surface area contributed by atoms with Crippen LogP contribution < -0.4 is 0 Å². The molecule has 2 aromatic heterocycles. The van der Waals surface area contributed by atoms with Gasteiger partial charge in [0.1, 0.15) is 11.4 Å². The molecule has 2 aromatic rings. The molecular formula is C32H47N5O7S2. The number of carbonyl (C=O) groups excluding carboxylic acids is 2. The molecule has 0 fully saturated rings. The molecule has 0 N–H and O–H groups in total. The van der Waals surface area contributed by atoms with E-state index in [2.05, 4.69) is 49.1 Å². The zero-order chi connectivity index (χ0) is 33.2. The maximum atomic E-state index is 11.9. The number of thiocarbonyl (C=S) groups is 1. The third kappa shape index (κ3) is 17.2. The first kappa shape index (κ1) is 39.4. The van der Waals surface area contributed by atoms with Crippen LogP contribution in [0.1, 0.15) is 45.7 Å². The molecule has 2 heterocycles. The summed E-state index contributed by atoms with van der Waals surface area (Å²) in [5, 5.41) is 2.38. The van der Waals surface area contributed by atoms with E-state index in [1.165, 1.54) is 14.2 Å². The number of esters is 2. The van der Waals surface area contributed by atoms with Crippen molar-refractivity contribution in [2.45, 2.75) is 26.4 Å². The largest absolute Gasteiger partial charge is 0.464 e. The fourth-order valence-corrected chi connectivity index (χ4v) is 5.01. The van der Waals surface area contributed by atoms with Gasteiger partial charge in [0, 0.05) is 45.1 Å². The second-order valence-corrected chi connectivity index (χ2v) is 11.3. The van der Waals surface area contributed by atoms with Crippen molar-refractivity contribution in [2.75, 3.05) is 98.1 Å². The van der Waals surface area contributed by atoms with Crippen LogP contribution in [0.3, 0.4) is 0 Å². The summed E-state index contributed by atoms with van der Waals surface area (Å²) in [6.07, 6.45) is 0.966. The van der Waals surface area contributed by atoms with Crippen LogP contribution in [0.25, 0.3) is 0 Å². The number of hydrogen-bond acceptors (Lipinski definition) is 14. The second-order valence-electron chi connectivity index (χ2n) is 9.93. The lowest BCUT2D eigenvalue weighted by Crippen LogP contribution is -2.31. The Kier molecular flexibility index (Phi) is 21.7.